The quantitative estimate of drug-likeness (QED) is 0.597. The van der Waals surface area contributed by atoms with Crippen molar-refractivity contribution in [3.8, 4) is 0 Å². The number of aromatic nitrogens is 2. The van der Waals surface area contributed by atoms with Crippen molar-refractivity contribution >= 4 is 28.8 Å². The summed E-state index contributed by atoms with van der Waals surface area (Å²) in [7, 11) is 0. The summed E-state index contributed by atoms with van der Waals surface area (Å²) in [4.78, 5) is 28.9. The maximum Gasteiger partial charge on any atom is 0.257 e. The molecule has 0 radical (unpaired) electrons. The maximum absolute atomic E-state index is 14.2. The molecule has 3 aromatic rings. The van der Waals surface area contributed by atoms with E-state index in [-0.39, 0.29) is 23.6 Å². The van der Waals surface area contributed by atoms with Crippen molar-refractivity contribution in [3.63, 3.8) is 0 Å². The van der Waals surface area contributed by atoms with Crippen LogP contribution in [-0.2, 0) is 5.54 Å². The predicted octanol–water partition coefficient (Wildman–Crippen LogP) is 4.60. The van der Waals surface area contributed by atoms with Crippen molar-refractivity contribution < 1.29 is 9.18 Å². The average molecular weight is 476 g/mol. The molecule has 0 bridgehead atoms. The third kappa shape index (κ3) is 4.18. The molecule has 0 saturated carbocycles. The van der Waals surface area contributed by atoms with E-state index in [2.05, 4.69) is 32.3 Å². The third-order valence-electron chi connectivity index (χ3n) is 6.39. The molecule has 6 nitrogen and oxygen atoms in total. The number of carbonyl (C=O) groups is 1. The zero-order chi connectivity index (χ0) is 23.7. The lowest BCUT2D eigenvalue weighted by atomic mass is 9.82. The van der Waals surface area contributed by atoms with Crippen LogP contribution in [0.2, 0.25) is 0 Å². The molecule has 1 N–H and O–H groups in total. The number of anilines is 1. The molecule has 5 rings (SSSR count). The van der Waals surface area contributed by atoms with Crippen LogP contribution < -0.4 is 10.2 Å². The summed E-state index contributed by atoms with van der Waals surface area (Å²) >= 11 is 1.55. The number of nitrogens with one attached hydrogen (secondary N) is 1. The van der Waals surface area contributed by atoms with E-state index in [0.29, 0.717) is 35.5 Å². The van der Waals surface area contributed by atoms with E-state index in [0.717, 1.165) is 11.3 Å². The number of hydrogen-bond donors (Lipinski definition) is 1. The first-order chi connectivity index (χ1) is 16.5. The van der Waals surface area contributed by atoms with Gasteiger partial charge in [0.05, 0.1) is 18.4 Å². The van der Waals surface area contributed by atoms with E-state index in [4.69, 9.17) is 4.99 Å². The van der Waals surface area contributed by atoms with Crippen LogP contribution in [-0.4, -0.2) is 39.9 Å². The Kier molecular flexibility index (Phi) is 6.08. The number of fused-ring (bicyclic) bond motifs is 1. The lowest BCUT2D eigenvalue weighted by Gasteiger charge is -2.35. The second kappa shape index (κ2) is 9.18. The van der Waals surface area contributed by atoms with Gasteiger partial charge in [-0.15, -0.1) is 0 Å². The van der Waals surface area contributed by atoms with Gasteiger partial charge >= 0.3 is 0 Å². The molecule has 1 aromatic heterocycles. The summed E-state index contributed by atoms with van der Waals surface area (Å²) < 4.78 is 14.2. The molecule has 2 atom stereocenters. The summed E-state index contributed by atoms with van der Waals surface area (Å²) in [6, 6.07) is 19.3. The van der Waals surface area contributed by atoms with Crippen molar-refractivity contribution in [1.29, 1.82) is 0 Å². The van der Waals surface area contributed by atoms with Gasteiger partial charge < -0.3 is 10.2 Å². The van der Waals surface area contributed by atoms with Crippen LogP contribution in [0.4, 0.5) is 10.3 Å². The van der Waals surface area contributed by atoms with Crippen LogP contribution in [0.1, 0.15) is 41.4 Å². The molecule has 174 valence electrons. The number of benzene rings is 2. The smallest absolute Gasteiger partial charge is 0.257 e. The molecular weight excluding hydrogens is 449 g/mol. The van der Waals surface area contributed by atoms with Crippen LogP contribution >= 0.6 is 11.8 Å². The van der Waals surface area contributed by atoms with Gasteiger partial charge in [0, 0.05) is 23.8 Å². The molecule has 8 heteroatoms. The molecule has 2 aliphatic rings. The fraction of sp³-hybridized carbons (Fsp3) is 0.308. The van der Waals surface area contributed by atoms with E-state index < -0.39 is 5.54 Å². The third-order valence-corrected chi connectivity index (χ3v) is 7.42. The minimum absolute atomic E-state index is 0.0388. The zero-order valence-electron chi connectivity index (χ0n) is 19.1. The molecule has 1 saturated heterocycles. The highest BCUT2D eigenvalue weighted by Crippen LogP contribution is 2.46. The van der Waals surface area contributed by atoms with Crippen LogP contribution in [0.5, 0.6) is 0 Å². The molecular formula is C26H26FN5OS. The zero-order valence-corrected chi connectivity index (χ0v) is 19.9. The normalized spacial score (nSPS) is 21.8. The van der Waals surface area contributed by atoms with Crippen LogP contribution in [0.25, 0.3) is 0 Å². The first-order valence-electron chi connectivity index (χ1n) is 11.4. The van der Waals surface area contributed by atoms with Gasteiger partial charge in [0.2, 0.25) is 5.95 Å². The van der Waals surface area contributed by atoms with Gasteiger partial charge in [-0.2, -0.15) is 0 Å². The van der Waals surface area contributed by atoms with Crippen molar-refractivity contribution in [3.05, 3.63) is 89.5 Å². The Bertz CT molecular complexity index is 1220. The highest BCUT2D eigenvalue weighted by molar-refractivity contribution is 8.13. The first kappa shape index (κ1) is 22.5. The SMILES string of the molecule is CC(C)c1nc(N2CC3CSC(NC(=O)c4ccccc4)=NC3(c3ccccc3)C2)ncc1F. The Balaban J connectivity index is 1.50. The number of hydrogen-bond acceptors (Lipinski definition) is 6. The highest BCUT2D eigenvalue weighted by Gasteiger charge is 2.51. The van der Waals surface area contributed by atoms with E-state index in [1.54, 1.807) is 23.9 Å². The van der Waals surface area contributed by atoms with Gasteiger partial charge in [0.25, 0.3) is 5.91 Å². The first-order valence-corrected chi connectivity index (χ1v) is 12.4. The summed E-state index contributed by atoms with van der Waals surface area (Å²) in [5, 5.41) is 3.61. The average Bonchev–Trinajstić information content (AvgIpc) is 3.25. The Morgan fingerprint density at radius 2 is 1.85 bits per heavy atom. The number of thioether (sulfide) groups is 1. The summed E-state index contributed by atoms with van der Waals surface area (Å²) in [5.74, 6) is 0.901. The Hall–Kier alpha value is -3.26. The maximum atomic E-state index is 14.2. The van der Waals surface area contributed by atoms with Crippen molar-refractivity contribution in [2.24, 2.45) is 10.9 Å². The standard InChI is InChI=1S/C26H26FN5OS/c1-17(2)22-21(27)13-28-24(29-22)32-14-20-15-34-25(30-23(33)18-9-5-3-6-10-18)31-26(20,16-32)19-11-7-4-8-12-19/h3-13,17,20H,14-16H2,1-2H3,(H,30,31,33). The van der Waals surface area contributed by atoms with E-state index in [1.807, 2.05) is 50.2 Å². The Morgan fingerprint density at radius 1 is 1.15 bits per heavy atom. The summed E-state index contributed by atoms with van der Waals surface area (Å²) in [5.41, 5.74) is 1.54. The second-order valence-corrected chi connectivity index (χ2v) is 9.98. The fourth-order valence-corrected chi connectivity index (χ4v) is 5.77. The van der Waals surface area contributed by atoms with Gasteiger partial charge in [-0.05, 0) is 23.6 Å². The fourth-order valence-electron chi connectivity index (χ4n) is 4.63. The number of carbonyl (C=O) groups excluding carboxylic acids is 1. The van der Waals surface area contributed by atoms with Gasteiger partial charge in [-0.1, -0.05) is 74.1 Å². The predicted molar refractivity (Wildman–Crippen MR) is 134 cm³/mol. The van der Waals surface area contributed by atoms with E-state index in [9.17, 15) is 9.18 Å². The van der Waals surface area contributed by atoms with Crippen molar-refractivity contribution in [1.82, 2.24) is 15.3 Å². The number of nitrogens with zero attached hydrogens (tertiary/aromatic N) is 4. The monoisotopic (exact) mass is 475 g/mol. The molecule has 2 aliphatic heterocycles. The minimum atomic E-state index is -0.554. The van der Waals surface area contributed by atoms with Gasteiger partial charge in [-0.3, -0.25) is 4.79 Å². The van der Waals surface area contributed by atoms with Crippen LogP contribution in [0.15, 0.2) is 71.9 Å². The number of aliphatic imine (C=N–C) groups is 1. The molecule has 1 amide bonds. The Labute approximate surface area is 202 Å². The topological polar surface area (TPSA) is 70.5 Å². The Morgan fingerprint density at radius 3 is 2.56 bits per heavy atom. The van der Waals surface area contributed by atoms with Crippen molar-refractivity contribution in [2.75, 3.05) is 23.7 Å². The van der Waals surface area contributed by atoms with Crippen LogP contribution in [0, 0.1) is 11.7 Å². The molecule has 34 heavy (non-hydrogen) atoms. The molecule has 3 heterocycles. The molecule has 0 aliphatic carbocycles. The largest absolute Gasteiger partial charge is 0.338 e. The highest BCUT2D eigenvalue weighted by atomic mass is 32.2. The minimum Gasteiger partial charge on any atom is -0.338 e. The van der Waals surface area contributed by atoms with Gasteiger partial charge in [-0.25, -0.2) is 19.4 Å². The lowest BCUT2D eigenvalue weighted by Crippen LogP contribution is -2.42. The summed E-state index contributed by atoms with van der Waals surface area (Å²) in [6.45, 7) is 5.10. The molecule has 0 spiro atoms. The number of amides is 1. The van der Waals surface area contributed by atoms with Crippen molar-refractivity contribution in [2.45, 2.75) is 25.3 Å². The van der Waals surface area contributed by atoms with Crippen LogP contribution in [0.3, 0.4) is 0 Å². The number of rotatable bonds is 4. The summed E-state index contributed by atoms with van der Waals surface area (Å²) in [6.07, 6.45) is 1.26. The van der Waals surface area contributed by atoms with Gasteiger partial charge in [0.15, 0.2) is 11.0 Å². The molecule has 1 fully saturated rings. The lowest BCUT2D eigenvalue weighted by molar-refractivity contribution is 0.0977. The second-order valence-electron chi connectivity index (χ2n) is 8.97. The van der Waals surface area contributed by atoms with E-state index >= 15 is 0 Å². The number of halogens is 1. The number of amidine groups is 1. The van der Waals surface area contributed by atoms with Gasteiger partial charge in [0.1, 0.15) is 5.54 Å². The molecule has 2 aromatic carbocycles. The molecule has 2 unspecified atom stereocenters. The van der Waals surface area contributed by atoms with E-state index in [1.165, 1.54) is 6.20 Å².